The van der Waals surface area contributed by atoms with Crippen LogP contribution in [0.5, 0.6) is 0 Å². The van der Waals surface area contributed by atoms with Crippen LogP contribution in [0.3, 0.4) is 0 Å². The molecule has 0 bridgehead atoms. The fourth-order valence-corrected chi connectivity index (χ4v) is 0. The Hall–Kier alpha value is 2.07. The number of rotatable bonds is 0. The van der Waals surface area contributed by atoms with Crippen LogP contribution in [0, 0.1) is 0 Å². The van der Waals surface area contributed by atoms with Gasteiger partial charge in [-0.25, -0.2) is 0 Å². The molecule has 4 heavy (non-hydrogen) atoms. The van der Waals surface area contributed by atoms with Crippen molar-refractivity contribution in [1.82, 2.24) is 0 Å². The van der Waals surface area contributed by atoms with Crippen LogP contribution in [0.15, 0.2) is 0 Å². The van der Waals surface area contributed by atoms with Crippen molar-refractivity contribution in [2.75, 3.05) is 0 Å². The predicted octanol–water partition coefficient (Wildman–Crippen LogP) is -3.00. The summed E-state index contributed by atoms with van der Waals surface area (Å²) in [4.78, 5) is 0. The van der Waals surface area contributed by atoms with Crippen molar-refractivity contribution in [3.63, 3.8) is 0 Å². The van der Waals surface area contributed by atoms with E-state index in [2.05, 4.69) is 0 Å². The third-order valence-electron chi connectivity index (χ3n) is 0. The third-order valence-corrected chi connectivity index (χ3v) is 0. The van der Waals surface area contributed by atoms with E-state index >= 15 is 0 Å². The quantitative estimate of drug-likeness (QED) is 0.334. The van der Waals surface area contributed by atoms with E-state index in [-0.39, 0.29) is 69.3 Å². The van der Waals surface area contributed by atoms with E-state index < -0.39 is 0 Å². The zero-order valence-electron chi connectivity index (χ0n) is 1.79. The molecule has 0 amide bonds. The van der Waals surface area contributed by atoms with Crippen LogP contribution in [-0.2, 0) is 56.9 Å². The molecule has 0 aromatic carbocycles. The minimum atomic E-state index is 0. The normalized spacial score (nSPS) is 0. The first-order valence-corrected chi connectivity index (χ1v) is 0. The summed E-state index contributed by atoms with van der Waals surface area (Å²) >= 11 is 0. The maximum atomic E-state index is 0. The monoisotopic (exact) mass is 163 g/mol. The molecule has 0 fully saturated rings. The molecule has 0 saturated heterocycles. The van der Waals surface area contributed by atoms with Crippen LogP contribution in [0.2, 0.25) is 0 Å². The third kappa shape index (κ3) is 8.95. The minimum Gasteiger partial charge on any atom is -2.00 e. The van der Waals surface area contributed by atoms with E-state index in [1.165, 1.54) is 0 Å². The Labute approximate surface area is 68.7 Å². The molecule has 0 aliphatic rings. The average Bonchev–Trinajstić information content (AvgIpc) is 0. The Morgan fingerprint density at radius 3 is 0.750 bits per heavy atom. The Morgan fingerprint density at radius 1 is 0.750 bits per heavy atom. The van der Waals surface area contributed by atoms with Gasteiger partial charge in [-0.3, -0.25) is 0 Å². The molecule has 0 aliphatic carbocycles. The van der Waals surface area contributed by atoms with Gasteiger partial charge < -0.3 is 25.9 Å². The van der Waals surface area contributed by atoms with Gasteiger partial charge in [0.15, 0.2) is 0 Å². The molecule has 4 heteroatoms. The van der Waals surface area contributed by atoms with Crippen molar-refractivity contribution < 1.29 is 55.8 Å². The first-order valence-electron chi connectivity index (χ1n) is 0. The largest absolute Gasteiger partial charge is 4.00 e. The van der Waals surface area contributed by atoms with E-state index in [1.54, 1.807) is 0 Å². The van der Waals surface area contributed by atoms with E-state index in [9.17, 15) is 0 Å². The van der Waals surface area contributed by atoms with Gasteiger partial charge in [0.25, 0.3) is 0 Å². The summed E-state index contributed by atoms with van der Waals surface area (Å²) in [5.74, 6) is 0. The molecule has 0 radical (unpaired) electrons. The molecule has 0 heterocycles. The summed E-state index contributed by atoms with van der Waals surface area (Å²) in [6, 6.07) is 0. The summed E-state index contributed by atoms with van der Waals surface area (Å²) in [5.41, 5.74) is 0. The number of halogens is 1. The second-order valence-electron chi connectivity index (χ2n) is 0. The average molecular weight is 163 g/mol. The molecule has 0 nitrogen and oxygen atoms in total. The zero-order chi connectivity index (χ0) is 0. The van der Waals surface area contributed by atoms with Crippen LogP contribution in [-0.4, -0.2) is 0 Å². The maximum absolute atomic E-state index is 0. The van der Waals surface area contributed by atoms with Gasteiger partial charge in [-0.05, 0) is 0 Å². The number of hydrogen-bond donors (Lipinski definition) is 0. The molecule has 0 saturated carbocycles. The van der Waals surface area contributed by atoms with E-state index in [0.717, 1.165) is 0 Å². The first kappa shape index (κ1) is 36.4. The second kappa shape index (κ2) is 19.6. The summed E-state index contributed by atoms with van der Waals surface area (Å²) in [7, 11) is 0. The second-order valence-corrected chi connectivity index (χ2v) is 0. The van der Waals surface area contributed by atoms with E-state index in [0.29, 0.717) is 0 Å². The molecule has 16 valence electrons. The molecular formula is ClSTi2+5. The fourth-order valence-electron chi connectivity index (χ4n) is 0. The van der Waals surface area contributed by atoms with Gasteiger partial charge in [0.05, 0.1) is 0 Å². The Morgan fingerprint density at radius 2 is 0.750 bits per heavy atom. The van der Waals surface area contributed by atoms with Crippen LogP contribution in [0.4, 0.5) is 0 Å². The van der Waals surface area contributed by atoms with Gasteiger partial charge in [-0.1, -0.05) is 0 Å². The van der Waals surface area contributed by atoms with E-state index in [1.807, 2.05) is 0 Å². The van der Waals surface area contributed by atoms with Gasteiger partial charge in [-0.2, -0.15) is 0 Å². The van der Waals surface area contributed by atoms with Crippen molar-refractivity contribution >= 4 is 13.5 Å². The molecule has 0 unspecified atom stereocenters. The van der Waals surface area contributed by atoms with Crippen LogP contribution in [0.25, 0.3) is 0 Å². The molecule has 0 aliphatic heterocycles. The van der Waals surface area contributed by atoms with Crippen molar-refractivity contribution in [2.45, 2.75) is 0 Å². The van der Waals surface area contributed by atoms with Gasteiger partial charge in [0.2, 0.25) is 0 Å². The SMILES string of the molecule is [Cl-].[S-2].[Ti+4].[Ti+4]. The molecule has 0 atom stereocenters. The predicted molar refractivity (Wildman–Crippen MR) is 7.37 cm³/mol. The topological polar surface area (TPSA) is 0 Å². The minimum absolute atomic E-state index is 0. The van der Waals surface area contributed by atoms with Crippen molar-refractivity contribution in [3.05, 3.63) is 0 Å². The zero-order valence-corrected chi connectivity index (χ0v) is 6.48. The molecule has 0 rings (SSSR count). The summed E-state index contributed by atoms with van der Waals surface area (Å²) < 4.78 is 0. The molecular weight excluding hydrogens is 163 g/mol. The van der Waals surface area contributed by atoms with Gasteiger partial charge in [0, 0.05) is 0 Å². The molecule has 0 aromatic rings. The first-order chi connectivity index (χ1) is 0. The summed E-state index contributed by atoms with van der Waals surface area (Å²) in [6.07, 6.45) is 0. The summed E-state index contributed by atoms with van der Waals surface area (Å²) in [6.45, 7) is 0. The Balaban J connectivity index is 0. The van der Waals surface area contributed by atoms with E-state index in [4.69, 9.17) is 0 Å². The van der Waals surface area contributed by atoms with Gasteiger partial charge in [-0.15, -0.1) is 0 Å². The Kier molecular flexibility index (Phi) is 179. The van der Waals surface area contributed by atoms with Crippen LogP contribution >= 0.6 is 0 Å². The Bertz CT molecular complexity index is 6.00. The van der Waals surface area contributed by atoms with Crippen molar-refractivity contribution in [1.29, 1.82) is 0 Å². The molecule has 0 N–H and O–H groups in total. The maximum Gasteiger partial charge on any atom is 4.00 e. The van der Waals surface area contributed by atoms with Crippen LogP contribution in [0.1, 0.15) is 0 Å². The molecule has 0 aromatic heterocycles. The smallest absolute Gasteiger partial charge is 2.00 e. The molecule has 0 spiro atoms. The summed E-state index contributed by atoms with van der Waals surface area (Å²) in [5, 5.41) is 0. The fraction of sp³-hybridized carbons (Fsp3) is 0. The standard InChI is InChI=1S/ClH.S.2Ti/h1H;;;/q;-2;2*+4/p-1. The van der Waals surface area contributed by atoms with Crippen LogP contribution < -0.4 is 12.4 Å². The number of hydrogen-bond acceptors (Lipinski definition) is 0. The van der Waals surface area contributed by atoms with Crippen molar-refractivity contribution in [2.24, 2.45) is 0 Å². The van der Waals surface area contributed by atoms with Gasteiger partial charge in [0.1, 0.15) is 0 Å². The van der Waals surface area contributed by atoms with Gasteiger partial charge >= 0.3 is 43.4 Å². The van der Waals surface area contributed by atoms with Crippen molar-refractivity contribution in [3.8, 4) is 0 Å².